The van der Waals surface area contributed by atoms with Crippen LogP contribution in [0.15, 0.2) is 11.1 Å². The van der Waals surface area contributed by atoms with Gasteiger partial charge in [-0.2, -0.15) is 39.5 Å². The third-order valence-corrected chi connectivity index (χ3v) is 3.05. The molecule has 0 rings (SSSR count). The van der Waals surface area contributed by atoms with E-state index in [-0.39, 0.29) is 0 Å². The van der Waals surface area contributed by atoms with Crippen molar-refractivity contribution in [2.24, 2.45) is 0 Å². The van der Waals surface area contributed by atoms with Crippen molar-refractivity contribution < 1.29 is 43.9 Å². The fraction of sp³-hybridized carbons (Fsp3) is 0.750. The van der Waals surface area contributed by atoms with Gasteiger partial charge in [0.1, 0.15) is 0 Å². The van der Waals surface area contributed by atoms with Crippen molar-refractivity contribution in [2.75, 3.05) is 0 Å². The van der Waals surface area contributed by atoms with Crippen molar-refractivity contribution in [1.82, 2.24) is 0 Å². The summed E-state index contributed by atoms with van der Waals surface area (Å²) >= 11 is 13.6. The van der Waals surface area contributed by atoms with E-state index in [2.05, 4.69) is 34.8 Å². The van der Waals surface area contributed by atoms with Crippen LogP contribution >= 0.6 is 34.8 Å². The van der Waals surface area contributed by atoms with Gasteiger partial charge >= 0.3 is 18.0 Å². The Labute approximate surface area is 125 Å². The van der Waals surface area contributed by atoms with Crippen LogP contribution in [-0.2, 0) is 0 Å². The second-order valence-electron chi connectivity index (χ2n) is 3.70. The maximum Gasteiger partial charge on any atom is 0.422 e. The highest BCUT2D eigenvalue weighted by Gasteiger charge is 2.66. The molecule has 0 amide bonds. The van der Waals surface area contributed by atoms with Crippen LogP contribution < -0.4 is 0 Å². The number of halogens is 13. The van der Waals surface area contributed by atoms with Crippen molar-refractivity contribution in [1.29, 1.82) is 0 Å². The summed E-state index contributed by atoms with van der Waals surface area (Å²) in [5, 5.41) is -2.92. The van der Waals surface area contributed by atoms with Gasteiger partial charge < -0.3 is 0 Å². The third-order valence-electron chi connectivity index (χ3n) is 2.02. The molecule has 0 saturated heterocycles. The minimum atomic E-state index is -5.83. The van der Waals surface area contributed by atoms with Gasteiger partial charge in [0.05, 0.1) is 6.42 Å². The summed E-state index contributed by atoms with van der Waals surface area (Å²) in [4.78, 5) is 0. The van der Waals surface area contributed by atoms with Crippen molar-refractivity contribution in [3.63, 3.8) is 0 Å². The molecule has 0 spiro atoms. The standard InChI is InChI=1S/C8H3Cl3F10/c9-2(3(12)13)7(17,18)6(15,16)1-5(10,11)4(14)8(19,20)21/h4H,1H2. The average Bonchev–Trinajstić information content (AvgIpc) is 2.23. The fourth-order valence-electron chi connectivity index (χ4n) is 1.02. The first-order valence-corrected chi connectivity index (χ1v) is 5.65. The van der Waals surface area contributed by atoms with Crippen LogP contribution in [0.2, 0.25) is 0 Å². The molecule has 0 aliphatic rings. The Balaban J connectivity index is 5.53. The number of allylic oxidation sites excluding steroid dienone is 1. The molecule has 1 atom stereocenters. The van der Waals surface area contributed by atoms with Crippen LogP contribution in [0.4, 0.5) is 43.9 Å². The van der Waals surface area contributed by atoms with Gasteiger partial charge in [-0.05, 0) is 0 Å². The van der Waals surface area contributed by atoms with Crippen molar-refractivity contribution >= 4 is 34.8 Å². The second-order valence-corrected chi connectivity index (χ2v) is 5.62. The topological polar surface area (TPSA) is 0 Å². The van der Waals surface area contributed by atoms with Gasteiger partial charge in [0, 0.05) is 0 Å². The van der Waals surface area contributed by atoms with E-state index in [1.807, 2.05) is 0 Å². The lowest BCUT2D eigenvalue weighted by molar-refractivity contribution is -0.210. The Kier molecular flexibility index (Phi) is 6.17. The van der Waals surface area contributed by atoms with Crippen LogP contribution in [0.25, 0.3) is 0 Å². The van der Waals surface area contributed by atoms with E-state index in [0.717, 1.165) is 0 Å². The molecule has 0 aromatic heterocycles. The van der Waals surface area contributed by atoms with Crippen molar-refractivity contribution in [3.8, 4) is 0 Å². The largest absolute Gasteiger partial charge is 0.422 e. The summed E-state index contributed by atoms with van der Waals surface area (Å²) in [5.74, 6) is -11.5. The van der Waals surface area contributed by atoms with Gasteiger partial charge in [-0.1, -0.05) is 34.8 Å². The van der Waals surface area contributed by atoms with E-state index in [4.69, 9.17) is 0 Å². The normalized spacial score (nSPS) is 15.9. The molecule has 0 heterocycles. The van der Waals surface area contributed by atoms with Crippen LogP contribution in [0.3, 0.4) is 0 Å². The summed E-state index contributed by atoms with van der Waals surface area (Å²) in [7, 11) is 0. The molecule has 0 N–H and O–H groups in total. The van der Waals surface area contributed by atoms with Gasteiger partial charge in [-0.15, -0.1) is 0 Å². The molecule has 1 unspecified atom stereocenters. The molecule has 0 nitrogen and oxygen atoms in total. The minimum Gasteiger partial charge on any atom is -0.234 e. The second kappa shape index (κ2) is 6.19. The maximum absolute atomic E-state index is 13.2. The molecule has 13 heteroatoms. The predicted octanol–water partition coefficient (Wildman–Crippen LogP) is 6.07. The summed E-state index contributed by atoms with van der Waals surface area (Å²) in [6, 6.07) is 0. The Morgan fingerprint density at radius 2 is 1.29 bits per heavy atom. The summed E-state index contributed by atoms with van der Waals surface area (Å²) < 4.78 is 121. The minimum absolute atomic E-state index is 2.82. The lowest BCUT2D eigenvalue weighted by Crippen LogP contribution is -2.50. The van der Waals surface area contributed by atoms with Crippen LogP contribution in [0.1, 0.15) is 6.42 Å². The third kappa shape index (κ3) is 4.69. The average molecular weight is 395 g/mol. The van der Waals surface area contributed by atoms with Gasteiger partial charge in [0.25, 0.3) is 6.08 Å². The maximum atomic E-state index is 13.2. The van der Waals surface area contributed by atoms with E-state index < -0.39 is 46.1 Å². The first-order valence-electron chi connectivity index (χ1n) is 4.52. The Morgan fingerprint density at radius 1 is 0.905 bits per heavy atom. The zero-order valence-corrected chi connectivity index (χ0v) is 11.5. The predicted molar refractivity (Wildman–Crippen MR) is 55.0 cm³/mol. The molecule has 21 heavy (non-hydrogen) atoms. The highest BCUT2D eigenvalue weighted by molar-refractivity contribution is 6.49. The van der Waals surface area contributed by atoms with Gasteiger partial charge in [-0.25, -0.2) is 4.39 Å². The number of hydrogen-bond acceptors (Lipinski definition) is 0. The van der Waals surface area contributed by atoms with Crippen molar-refractivity contribution in [3.05, 3.63) is 11.1 Å². The Bertz CT molecular complexity index is 409. The zero-order valence-electron chi connectivity index (χ0n) is 9.20. The monoisotopic (exact) mass is 394 g/mol. The SMILES string of the molecule is FC(F)=C(Cl)C(F)(F)C(F)(F)CC(Cl)(Cl)C(F)C(F)(F)F. The van der Waals surface area contributed by atoms with E-state index in [0.29, 0.717) is 0 Å². The smallest absolute Gasteiger partial charge is 0.234 e. The van der Waals surface area contributed by atoms with Crippen LogP contribution in [0, 0.1) is 0 Å². The zero-order chi connectivity index (χ0) is 17.4. The van der Waals surface area contributed by atoms with E-state index in [9.17, 15) is 43.9 Å². The molecule has 0 aromatic carbocycles. The van der Waals surface area contributed by atoms with Gasteiger partial charge in [-0.3, -0.25) is 0 Å². The lowest BCUT2D eigenvalue weighted by Gasteiger charge is -2.32. The van der Waals surface area contributed by atoms with Crippen molar-refractivity contribution in [2.45, 2.75) is 34.9 Å². The molecule has 0 aliphatic heterocycles. The van der Waals surface area contributed by atoms with E-state index in [1.54, 1.807) is 0 Å². The molecule has 0 fully saturated rings. The summed E-state index contributed by atoms with van der Waals surface area (Å²) in [6.45, 7) is 0. The number of rotatable bonds is 5. The molecule has 0 radical (unpaired) electrons. The molecular weight excluding hydrogens is 392 g/mol. The van der Waals surface area contributed by atoms with Gasteiger partial charge in [0.15, 0.2) is 9.37 Å². The molecular formula is C8H3Cl3F10. The molecule has 0 bridgehead atoms. The molecule has 126 valence electrons. The van der Waals surface area contributed by atoms with E-state index in [1.165, 1.54) is 0 Å². The first kappa shape index (κ1) is 20.9. The highest BCUT2D eigenvalue weighted by atomic mass is 35.5. The summed E-state index contributed by atoms with van der Waals surface area (Å²) in [6.07, 6.45) is -16.4. The van der Waals surface area contributed by atoms with Crippen LogP contribution in [0.5, 0.6) is 0 Å². The number of alkyl halides is 10. The summed E-state index contributed by atoms with van der Waals surface area (Å²) in [5.41, 5.74) is 0. The molecule has 0 aromatic rings. The highest BCUT2D eigenvalue weighted by Crippen LogP contribution is 2.52. The molecule has 0 aliphatic carbocycles. The lowest BCUT2D eigenvalue weighted by atomic mass is 10.0. The first-order chi connectivity index (χ1) is 8.97. The Hall–Kier alpha value is -0.0900. The quantitative estimate of drug-likeness (QED) is 0.392. The van der Waals surface area contributed by atoms with Gasteiger partial charge in [0.2, 0.25) is 6.17 Å². The molecule has 0 saturated carbocycles. The van der Waals surface area contributed by atoms with Crippen LogP contribution in [-0.4, -0.2) is 28.5 Å². The Morgan fingerprint density at radius 3 is 1.57 bits per heavy atom. The fourth-order valence-corrected chi connectivity index (χ4v) is 1.74. The number of hydrogen-bond donors (Lipinski definition) is 0. The van der Waals surface area contributed by atoms with E-state index >= 15 is 0 Å².